The van der Waals surface area contributed by atoms with Crippen molar-refractivity contribution in [2.45, 2.75) is 25.9 Å². The zero-order valence-corrected chi connectivity index (χ0v) is 12.1. The summed E-state index contributed by atoms with van der Waals surface area (Å²) in [5, 5.41) is 10.6. The van der Waals surface area contributed by atoms with Crippen LogP contribution in [0.3, 0.4) is 0 Å². The first kappa shape index (κ1) is 14.6. The molecule has 1 N–H and O–H groups in total. The van der Waals surface area contributed by atoms with Crippen LogP contribution in [0.15, 0.2) is 24.3 Å². The zero-order chi connectivity index (χ0) is 13.7. The van der Waals surface area contributed by atoms with E-state index >= 15 is 0 Å². The third kappa shape index (κ3) is 4.68. The van der Waals surface area contributed by atoms with Crippen LogP contribution in [-0.2, 0) is 0 Å². The molecule has 0 bridgehead atoms. The normalized spacial score (nSPS) is 19.3. The first-order chi connectivity index (χ1) is 9.15. The average Bonchev–Trinajstić information content (AvgIpc) is 2.40. The number of likely N-dealkylation sites (tertiary alicyclic amines) is 1. The molecule has 1 aromatic rings. The molecule has 0 spiro atoms. The lowest BCUT2D eigenvalue weighted by molar-refractivity contribution is 0.0563. The molecule has 0 amide bonds. The summed E-state index contributed by atoms with van der Waals surface area (Å²) in [5.74, 6) is 1.45. The minimum Gasteiger partial charge on any atom is -0.489 e. The number of hydrogen-bond donors (Lipinski definition) is 1. The van der Waals surface area contributed by atoms with Crippen molar-refractivity contribution in [1.29, 1.82) is 0 Å². The van der Waals surface area contributed by atoms with E-state index in [1.54, 1.807) is 6.07 Å². The van der Waals surface area contributed by atoms with Crippen molar-refractivity contribution < 1.29 is 9.84 Å². The number of aliphatic hydroxyl groups excluding tert-OH is 1. The summed E-state index contributed by atoms with van der Waals surface area (Å²) in [5.41, 5.74) is 0. The fourth-order valence-corrected chi connectivity index (χ4v) is 2.53. The third-order valence-electron chi connectivity index (χ3n) is 3.61. The van der Waals surface area contributed by atoms with E-state index in [2.05, 4.69) is 11.8 Å². The maximum atomic E-state index is 10.0. The van der Waals surface area contributed by atoms with E-state index in [4.69, 9.17) is 16.3 Å². The number of β-amino-alcohol motifs (C(OH)–C–C–N with tert-alkyl or cyclic N) is 1. The van der Waals surface area contributed by atoms with Gasteiger partial charge in [-0.25, -0.2) is 0 Å². The fraction of sp³-hybridized carbons (Fsp3) is 0.600. The molecule has 0 radical (unpaired) electrons. The van der Waals surface area contributed by atoms with E-state index in [9.17, 15) is 5.11 Å². The van der Waals surface area contributed by atoms with Gasteiger partial charge in [-0.05, 0) is 44.0 Å². The number of para-hydroxylation sites is 1. The van der Waals surface area contributed by atoms with E-state index in [-0.39, 0.29) is 6.61 Å². The lowest BCUT2D eigenvalue weighted by atomic mass is 9.99. The van der Waals surface area contributed by atoms with E-state index in [1.165, 1.54) is 12.8 Å². The second kappa shape index (κ2) is 7.13. The summed E-state index contributed by atoms with van der Waals surface area (Å²) in [4.78, 5) is 2.31. The molecule has 1 unspecified atom stereocenters. The van der Waals surface area contributed by atoms with Crippen molar-refractivity contribution in [2.24, 2.45) is 5.92 Å². The largest absolute Gasteiger partial charge is 0.489 e. The van der Waals surface area contributed by atoms with Gasteiger partial charge in [-0.15, -0.1) is 0 Å². The Labute approximate surface area is 120 Å². The van der Waals surface area contributed by atoms with E-state index in [0.29, 0.717) is 17.3 Å². The molecule has 106 valence electrons. The molecule has 4 heteroatoms. The number of nitrogens with zero attached hydrogens (tertiary/aromatic N) is 1. The van der Waals surface area contributed by atoms with Gasteiger partial charge in [-0.1, -0.05) is 30.7 Å². The van der Waals surface area contributed by atoms with Gasteiger partial charge in [-0.3, -0.25) is 0 Å². The number of rotatable bonds is 5. The van der Waals surface area contributed by atoms with Crippen molar-refractivity contribution >= 4 is 11.6 Å². The third-order valence-corrected chi connectivity index (χ3v) is 3.93. The Morgan fingerprint density at radius 2 is 2.05 bits per heavy atom. The first-order valence-electron chi connectivity index (χ1n) is 6.93. The van der Waals surface area contributed by atoms with Gasteiger partial charge in [0.25, 0.3) is 0 Å². The lowest BCUT2D eigenvalue weighted by Gasteiger charge is -2.31. The molecular weight excluding hydrogens is 262 g/mol. The van der Waals surface area contributed by atoms with Gasteiger partial charge in [-0.2, -0.15) is 0 Å². The number of hydrogen-bond acceptors (Lipinski definition) is 3. The summed E-state index contributed by atoms with van der Waals surface area (Å²) in [7, 11) is 0. The minimum absolute atomic E-state index is 0.287. The van der Waals surface area contributed by atoms with Crippen LogP contribution in [-0.4, -0.2) is 42.4 Å². The van der Waals surface area contributed by atoms with Crippen LogP contribution in [0.1, 0.15) is 19.8 Å². The van der Waals surface area contributed by atoms with Crippen LogP contribution >= 0.6 is 11.6 Å². The van der Waals surface area contributed by atoms with Crippen molar-refractivity contribution in [3.05, 3.63) is 29.3 Å². The molecule has 0 saturated carbocycles. The first-order valence-corrected chi connectivity index (χ1v) is 7.30. The quantitative estimate of drug-likeness (QED) is 0.902. The highest BCUT2D eigenvalue weighted by molar-refractivity contribution is 6.32. The van der Waals surface area contributed by atoms with Crippen LogP contribution in [0.2, 0.25) is 5.02 Å². The highest BCUT2D eigenvalue weighted by Gasteiger charge is 2.18. The summed E-state index contributed by atoms with van der Waals surface area (Å²) in [6.45, 7) is 5.40. The standard InChI is InChI=1S/C15H22ClNO2/c1-12-6-8-17(9-7-12)10-13(18)11-19-15-5-3-2-4-14(15)16/h2-5,12-13,18H,6-11H2,1H3. The van der Waals surface area contributed by atoms with Crippen molar-refractivity contribution in [3.63, 3.8) is 0 Å². The van der Waals surface area contributed by atoms with E-state index in [1.807, 2.05) is 18.2 Å². The molecular formula is C15H22ClNO2. The predicted molar refractivity (Wildman–Crippen MR) is 77.8 cm³/mol. The van der Waals surface area contributed by atoms with Crippen molar-refractivity contribution in [3.8, 4) is 5.75 Å². The Bertz CT molecular complexity index is 391. The van der Waals surface area contributed by atoms with Gasteiger partial charge in [0.1, 0.15) is 18.5 Å². The molecule has 1 aliphatic rings. The molecule has 1 atom stereocenters. The van der Waals surface area contributed by atoms with Crippen LogP contribution in [0.5, 0.6) is 5.75 Å². The zero-order valence-electron chi connectivity index (χ0n) is 11.4. The van der Waals surface area contributed by atoms with Crippen LogP contribution < -0.4 is 4.74 Å². The highest BCUT2D eigenvalue weighted by atomic mass is 35.5. The Morgan fingerprint density at radius 1 is 1.37 bits per heavy atom. The van der Waals surface area contributed by atoms with Gasteiger partial charge in [0, 0.05) is 6.54 Å². The summed E-state index contributed by atoms with van der Waals surface area (Å²) in [6.07, 6.45) is 1.97. The molecule has 2 rings (SSSR count). The molecule has 0 aromatic heterocycles. The molecule has 1 heterocycles. The molecule has 1 saturated heterocycles. The Balaban J connectivity index is 1.73. The molecule has 1 aromatic carbocycles. The van der Waals surface area contributed by atoms with Crippen molar-refractivity contribution in [1.82, 2.24) is 4.90 Å². The number of aliphatic hydroxyl groups is 1. The molecule has 0 aliphatic carbocycles. The van der Waals surface area contributed by atoms with Gasteiger partial charge < -0.3 is 14.7 Å². The summed E-state index contributed by atoms with van der Waals surface area (Å²) >= 11 is 6.00. The van der Waals surface area contributed by atoms with Crippen LogP contribution in [0.4, 0.5) is 0 Å². The second-order valence-electron chi connectivity index (χ2n) is 5.38. The SMILES string of the molecule is CC1CCN(CC(O)COc2ccccc2Cl)CC1. The number of halogens is 1. The maximum absolute atomic E-state index is 10.0. The van der Waals surface area contributed by atoms with Crippen LogP contribution in [0, 0.1) is 5.92 Å². The molecule has 1 aliphatic heterocycles. The van der Waals surface area contributed by atoms with Gasteiger partial charge in [0.05, 0.1) is 5.02 Å². The smallest absolute Gasteiger partial charge is 0.138 e. The Hall–Kier alpha value is -0.770. The lowest BCUT2D eigenvalue weighted by Crippen LogP contribution is -2.40. The topological polar surface area (TPSA) is 32.7 Å². The Morgan fingerprint density at radius 3 is 2.74 bits per heavy atom. The molecule has 1 fully saturated rings. The number of benzene rings is 1. The summed E-state index contributed by atoms with van der Waals surface area (Å²) in [6, 6.07) is 7.34. The molecule has 19 heavy (non-hydrogen) atoms. The fourth-order valence-electron chi connectivity index (χ4n) is 2.34. The van der Waals surface area contributed by atoms with Crippen molar-refractivity contribution in [2.75, 3.05) is 26.2 Å². The van der Waals surface area contributed by atoms with E-state index in [0.717, 1.165) is 19.0 Å². The highest BCUT2D eigenvalue weighted by Crippen LogP contribution is 2.23. The van der Waals surface area contributed by atoms with Gasteiger partial charge in [0.2, 0.25) is 0 Å². The predicted octanol–water partition coefficient (Wildman–Crippen LogP) is 2.81. The van der Waals surface area contributed by atoms with Crippen LogP contribution in [0.25, 0.3) is 0 Å². The minimum atomic E-state index is -0.468. The monoisotopic (exact) mass is 283 g/mol. The average molecular weight is 284 g/mol. The number of ether oxygens (including phenoxy) is 1. The second-order valence-corrected chi connectivity index (χ2v) is 5.79. The van der Waals surface area contributed by atoms with E-state index < -0.39 is 6.10 Å². The van der Waals surface area contributed by atoms with Gasteiger partial charge in [0.15, 0.2) is 0 Å². The Kier molecular flexibility index (Phi) is 5.49. The maximum Gasteiger partial charge on any atom is 0.138 e. The van der Waals surface area contributed by atoms with Gasteiger partial charge >= 0.3 is 0 Å². The number of piperidine rings is 1. The summed E-state index contributed by atoms with van der Waals surface area (Å²) < 4.78 is 5.55. The molecule has 3 nitrogen and oxygen atoms in total.